The van der Waals surface area contributed by atoms with Crippen LogP contribution in [0.3, 0.4) is 0 Å². The molecular formula is C17H16N2O2S. The summed E-state index contributed by atoms with van der Waals surface area (Å²) in [6.07, 6.45) is 3.88. The fraction of sp³-hybridized carbons (Fsp3) is 0.176. The van der Waals surface area contributed by atoms with Crippen molar-refractivity contribution < 1.29 is 9.21 Å². The lowest BCUT2D eigenvalue weighted by molar-refractivity contribution is 0.0950. The standard InChI is InChI=1S/C17H16N2O2S/c1-2-15-11-22-17(19-15)13-5-3-12(4-6-13)9-18-16(20)14-7-8-21-10-14/h3-8,10-11H,2,9H2,1H3,(H,18,20). The Labute approximate surface area is 132 Å². The van der Waals surface area contributed by atoms with Gasteiger partial charge in [-0.2, -0.15) is 0 Å². The van der Waals surface area contributed by atoms with Gasteiger partial charge in [0, 0.05) is 17.5 Å². The summed E-state index contributed by atoms with van der Waals surface area (Å²) >= 11 is 1.66. The van der Waals surface area contributed by atoms with Gasteiger partial charge in [-0.05, 0) is 18.1 Å². The van der Waals surface area contributed by atoms with Crippen molar-refractivity contribution >= 4 is 17.2 Å². The van der Waals surface area contributed by atoms with Crippen LogP contribution >= 0.6 is 11.3 Å². The number of carbonyl (C=O) groups excluding carboxylic acids is 1. The zero-order chi connectivity index (χ0) is 15.4. The number of benzene rings is 1. The molecule has 0 aliphatic carbocycles. The highest BCUT2D eigenvalue weighted by Crippen LogP contribution is 2.24. The number of nitrogens with zero attached hydrogens (tertiary/aromatic N) is 1. The third-order valence-corrected chi connectivity index (χ3v) is 4.29. The molecule has 22 heavy (non-hydrogen) atoms. The number of furan rings is 1. The number of nitrogens with one attached hydrogen (secondary N) is 1. The zero-order valence-corrected chi connectivity index (χ0v) is 13.0. The van der Waals surface area contributed by atoms with Crippen LogP contribution in [0.5, 0.6) is 0 Å². The molecule has 0 aliphatic rings. The van der Waals surface area contributed by atoms with Gasteiger partial charge in [-0.1, -0.05) is 31.2 Å². The molecule has 0 unspecified atom stereocenters. The number of hydrogen-bond acceptors (Lipinski definition) is 4. The van der Waals surface area contributed by atoms with Gasteiger partial charge in [-0.15, -0.1) is 11.3 Å². The molecule has 0 radical (unpaired) electrons. The third kappa shape index (κ3) is 3.26. The van der Waals surface area contributed by atoms with Crippen molar-refractivity contribution in [3.63, 3.8) is 0 Å². The summed E-state index contributed by atoms with van der Waals surface area (Å²) in [5.74, 6) is -0.134. The maximum Gasteiger partial charge on any atom is 0.254 e. The van der Waals surface area contributed by atoms with Gasteiger partial charge in [0.15, 0.2) is 0 Å². The van der Waals surface area contributed by atoms with Gasteiger partial charge in [-0.3, -0.25) is 4.79 Å². The molecule has 0 spiro atoms. The van der Waals surface area contributed by atoms with E-state index in [0.29, 0.717) is 12.1 Å². The number of carbonyl (C=O) groups is 1. The average Bonchev–Trinajstić information content (AvgIpc) is 3.24. The maximum absolute atomic E-state index is 11.8. The third-order valence-electron chi connectivity index (χ3n) is 3.35. The second kappa shape index (κ2) is 6.58. The fourth-order valence-corrected chi connectivity index (χ4v) is 2.95. The van der Waals surface area contributed by atoms with Crippen molar-refractivity contribution in [3.8, 4) is 10.6 Å². The maximum atomic E-state index is 11.8. The molecule has 3 aromatic rings. The highest BCUT2D eigenvalue weighted by molar-refractivity contribution is 7.13. The fourth-order valence-electron chi connectivity index (χ4n) is 2.05. The molecule has 0 saturated carbocycles. The molecule has 2 aromatic heterocycles. The molecule has 0 saturated heterocycles. The van der Waals surface area contributed by atoms with Crippen LogP contribution in [0.25, 0.3) is 10.6 Å². The van der Waals surface area contributed by atoms with Gasteiger partial charge in [0.2, 0.25) is 0 Å². The minimum absolute atomic E-state index is 0.134. The van der Waals surface area contributed by atoms with Crippen molar-refractivity contribution in [1.82, 2.24) is 10.3 Å². The largest absolute Gasteiger partial charge is 0.472 e. The predicted molar refractivity (Wildman–Crippen MR) is 86.8 cm³/mol. The number of thiazole rings is 1. The van der Waals surface area contributed by atoms with Gasteiger partial charge in [-0.25, -0.2) is 4.98 Å². The first-order valence-corrected chi connectivity index (χ1v) is 7.98. The normalized spacial score (nSPS) is 10.6. The van der Waals surface area contributed by atoms with Crippen LogP contribution in [0.15, 0.2) is 52.7 Å². The van der Waals surface area contributed by atoms with Crippen LogP contribution in [-0.2, 0) is 13.0 Å². The highest BCUT2D eigenvalue weighted by Gasteiger charge is 2.07. The number of aryl methyl sites for hydroxylation is 1. The molecule has 1 N–H and O–H groups in total. The van der Waals surface area contributed by atoms with E-state index in [1.165, 1.54) is 12.5 Å². The first kappa shape index (κ1) is 14.5. The quantitative estimate of drug-likeness (QED) is 0.777. The van der Waals surface area contributed by atoms with E-state index in [9.17, 15) is 4.79 Å². The lowest BCUT2D eigenvalue weighted by atomic mass is 10.1. The van der Waals surface area contributed by atoms with E-state index in [0.717, 1.165) is 28.2 Å². The molecule has 1 aromatic carbocycles. The van der Waals surface area contributed by atoms with E-state index in [2.05, 4.69) is 22.6 Å². The first-order chi connectivity index (χ1) is 10.8. The summed E-state index contributed by atoms with van der Waals surface area (Å²) in [6, 6.07) is 9.75. The molecule has 1 amide bonds. The van der Waals surface area contributed by atoms with Gasteiger partial charge >= 0.3 is 0 Å². The molecule has 0 bridgehead atoms. The van der Waals surface area contributed by atoms with Crippen LogP contribution < -0.4 is 5.32 Å². The van der Waals surface area contributed by atoms with E-state index in [1.807, 2.05) is 24.3 Å². The number of rotatable bonds is 5. The molecular weight excluding hydrogens is 296 g/mol. The van der Waals surface area contributed by atoms with Gasteiger partial charge in [0.1, 0.15) is 11.3 Å². The van der Waals surface area contributed by atoms with Gasteiger partial charge in [0.05, 0.1) is 17.5 Å². The molecule has 5 heteroatoms. The van der Waals surface area contributed by atoms with E-state index >= 15 is 0 Å². The molecule has 0 atom stereocenters. The number of hydrogen-bond donors (Lipinski definition) is 1. The van der Waals surface area contributed by atoms with Crippen LogP contribution in [-0.4, -0.2) is 10.9 Å². The summed E-state index contributed by atoms with van der Waals surface area (Å²) in [6.45, 7) is 2.59. The summed E-state index contributed by atoms with van der Waals surface area (Å²) in [5, 5.41) is 5.99. The SMILES string of the molecule is CCc1csc(-c2ccc(CNC(=O)c3ccoc3)cc2)n1. The Bertz CT molecular complexity index is 745. The van der Waals surface area contributed by atoms with E-state index in [1.54, 1.807) is 17.4 Å². The minimum Gasteiger partial charge on any atom is -0.472 e. The molecule has 0 aliphatic heterocycles. The van der Waals surface area contributed by atoms with Crippen LogP contribution in [0.4, 0.5) is 0 Å². The van der Waals surface area contributed by atoms with Crippen molar-refractivity contribution in [2.75, 3.05) is 0 Å². The molecule has 4 nitrogen and oxygen atoms in total. The van der Waals surface area contributed by atoms with E-state index < -0.39 is 0 Å². The second-order valence-corrected chi connectivity index (χ2v) is 5.75. The van der Waals surface area contributed by atoms with E-state index in [4.69, 9.17) is 4.42 Å². The lowest BCUT2D eigenvalue weighted by Crippen LogP contribution is -2.22. The van der Waals surface area contributed by atoms with E-state index in [-0.39, 0.29) is 5.91 Å². The van der Waals surface area contributed by atoms with Crippen LogP contribution in [0.1, 0.15) is 28.5 Å². The summed E-state index contributed by atoms with van der Waals surface area (Å²) < 4.78 is 4.90. The molecule has 2 heterocycles. The molecule has 0 fully saturated rings. The lowest BCUT2D eigenvalue weighted by Gasteiger charge is -2.04. The predicted octanol–water partition coefficient (Wildman–Crippen LogP) is 3.90. The highest BCUT2D eigenvalue weighted by atomic mass is 32.1. The van der Waals surface area contributed by atoms with Crippen LogP contribution in [0, 0.1) is 0 Å². The average molecular weight is 312 g/mol. The van der Waals surface area contributed by atoms with Crippen molar-refractivity contribution in [1.29, 1.82) is 0 Å². The number of aromatic nitrogens is 1. The number of amides is 1. The monoisotopic (exact) mass is 312 g/mol. The van der Waals surface area contributed by atoms with Gasteiger partial charge < -0.3 is 9.73 Å². The summed E-state index contributed by atoms with van der Waals surface area (Å²) in [5.41, 5.74) is 3.81. The molecule has 112 valence electrons. The summed E-state index contributed by atoms with van der Waals surface area (Å²) in [4.78, 5) is 16.4. The Balaban J connectivity index is 1.63. The Morgan fingerprint density at radius 2 is 2.09 bits per heavy atom. The Morgan fingerprint density at radius 1 is 1.27 bits per heavy atom. The Morgan fingerprint density at radius 3 is 2.73 bits per heavy atom. The topological polar surface area (TPSA) is 55.1 Å². The van der Waals surface area contributed by atoms with Crippen molar-refractivity contribution in [3.05, 3.63) is 65.1 Å². The zero-order valence-electron chi connectivity index (χ0n) is 12.2. The van der Waals surface area contributed by atoms with Crippen molar-refractivity contribution in [2.24, 2.45) is 0 Å². The second-order valence-electron chi connectivity index (χ2n) is 4.89. The summed E-state index contributed by atoms with van der Waals surface area (Å²) in [7, 11) is 0. The minimum atomic E-state index is -0.134. The smallest absolute Gasteiger partial charge is 0.254 e. The first-order valence-electron chi connectivity index (χ1n) is 7.10. The Kier molecular flexibility index (Phi) is 4.34. The van der Waals surface area contributed by atoms with Gasteiger partial charge in [0.25, 0.3) is 5.91 Å². The molecule has 3 rings (SSSR count). The van der Waals surface area contributed by atoms with Crippen molar-refractivity contribution in [2.45, 2.75) is 19.9 Å². The Hall–Kier alpha value is -2.40. The van der Waals surface area contributed by atoms with Crippen LogP contribution in [0.2, 0.25) is 0 Å².